The van der Waals surface area contributed by atoms with E-state index in [-0.39, 0.29) is 24.7 Å². The second-order valence-corrected chi connectivity index (χ2v) is 15.2. The van der Waals surface area contributed by atoms with E-state index in [1.165, 1.54) is 17.1 Å². The van der Waals surface area contributed by atoms with Gasteiger partial charge in [0.1, 0.15) is 36.1 Å². The molecule has 41 heavy (non-hydrogen) atoms. The first kappa shape index (κ1) is 34.5. The second-order valence-electron chi connectivity index (χ2n) is 8.28. The van der Waals surface area contributed by atoms with E-state index in [1.54, 1.807) is 21.6 Å². The Morgan fingerprint density at radius 3 is 2.61 bits per heavy atom. The van der Waals surface area contributed by atoms with Crippen molar-refractivity contribution in [2.45, 2.75) is 44.6 Å². The number of hydrogen-bond donors (Lipinski definition) is 6. The monoisotopic (exact) mass is 677 g/mol. The van der Waals surface area contributed by atoms with Crippen molar-refractivity contribution in [3.63, 3.8) is 0 Å². The van der Waals surface area contributed by atoms with E-state index in [0.717, 1.165) is 18.6 Å². The molecule has 22 heteroatoms. The summed E-state index contributed by atoms with van der Waals surface area (Å²) >= 11 is 0. The summed E-state index contributed by atoms with van der Waals surface area (Å²) in [4.78, 5) is 45.0. The van der Waals surface area contributed by atoms with Crippen LogP contribution in [0.4, 0.5) is 5.82 Å². The molecule has 1 aliphatic heterocycles. The molecule has 1 aliphatic rings. The van der Waals surface area contributed by atoms with Crippen LogP contribution in [-0.4, -0.2) is 71.2 Å². The largest absolute Gasteiger partial charge is 0.490 e. The molecule has 3 heterocycles. The third-order valence-corrected chi connectivity index (χ3v) is 11.2. The van der Waals surface area contributed by atoms with Gasteiger partial charge in [0, 0.05) is 18.4 Å². The van der Waals surface area contributed by atoms with Gasteiger partial charge in [0.05, 0.1) is 30.2 Å². The fourth-order valence-electron chi connectivity index (χ4n) is 3.65. The van der Waals surface area contributed by atoms with Crippen molar-refractivity contribution in [3.8, 4) is 11.8 Å². The molecule has 5 atom stereocenters. The predicted molar refractivity (Wildman–Crippen MR) is 151 cm³/mol. The molecule has 1 saturated heterocycles. The molecular formula is C19H30N5O12P3S2. The number of fused-ring (bicyclic) bond motifs is 1. The average molecular weight is 678 g/mol. The predicted octanol–water partition coefficient (Wildman–Crippen LogP) is 2.48. The summed E-state index contributed by atoms with van der Waals surface area (Å²) in [6.45, 7) is 1.51. The third-order valence-electron chi connectivity index (χ3n) is 5.27. The van der Waals surface area contributed by atoms with Crippen molar-refractivity contribution < 1.29 is 55.9 Å². The van der Waals surface area contributed by atoms with Crippen molar-refractivity contribution in [3.05, 3.63) is 18.1 Å². The van der Waals surface area contributed by atoms with Gasteiger partial charge in [-0.15, -0.1) is 0 Å². The lowest BCUT2D eigenvalue weighted by Gasteiger charge is -2.21. The van der Waals surface area contributed by atoms with Gasteiger partial charge in [0.2, 0.25) is 0 Å². The zero-order chi connectivity index (χ0) is 30.3. The molecule has 3 unspecified atom stereocenters. The molecule has 0 radical (unpaired) electrons. The molecule has 8 N–H and O–H groups in total. The number of aromatic nitrogens is 3. The van der Waals surface area contributed by atoms with E-state index < -0.39 is 48.5 Å². The highest BCUT2D eigenvalue weighted by atomic mass is 33.1. The lowest BCUT2D eigenvalue weighted by molar-refractivity contribution is -0.0520. The zero-order valence-corrected chi connectivity index (χ0v) is 25.9. The smallest absolute Gasteiger partial charge is 0.383 e. The van der Waals surface area contributed by atoms with E-state index in [2.05, 4.69) is 37.4 Å². The topological polar surface area (TPSA) is 261 Å². The zero-order valence-electron chi connectivity index (χ0n) is 21.5. The molecule has 0 saturated carbocycles. The molecule has 0 aliphatic carbocycles. The molecule has 0 bridgehead atoms. The van der Waals surface area contributed by atoms with Crippen LogP contribution < -0.4 is 11.5 Å². The second kappa shape index (κ2) is 15.1. The number of nitrogen functional groups attached to an aromatic ring is 1. The van der Waals surface area contributed by atoms with E-state index in [9.17, 15) is 23.5 Å². The highest BCUT2D eigenvalue weighted by molar-refractivity contribution is 8.76. The molecule has 17 nitrogen and oxygen atoms in total. The van der Waals surface area contributed by atoms with E-state index in [4.69, 9.17) is 35.3 Å². The molecule has 2 aromatic rings. The van der Waals surface area contributed by atoms with Gasteiger partial charge in [-0.1, -0.05) is 46.8 Å². The molecule has 0 spiro atoms. The minimum Gasteiger partial charge on any atom is -0.383 e. The molecule has 230 valence electrons. The van der Waals surface area contributed by atoms with Gasteiger partial charge in [0.15, 0.2) is 0 Å². The minimum atomic E-state index is -5.67. The quantitative estimate of drug-likeness (QED) is 0.0520. The molecule has 0 aromatic carbocycles. The number of phosphoric ester groups is 1. The van der Waals surface area contributed by atoms with Gasteiger partial charge in [-0.3, -0.25) is 4.52 Å². The van der Waals surface area contributed by atoms with Gasteiger partial charge in [-0.05, 0) is 6.42 Å². The Morgan fingerprint density at radius 1 is 1.17 bits per heavy atom. The number of nitrogens with zero attached hydrogens (tertiary/aromatic N) is 3. The van der Waals surface area contributed by atoms with Crippen LogP contribution in [0.3, 0.4) is 0 Å². The van der Waals surface area contributed by atoms with Crippen molar-refractivity contribution >= 4 is 61.9 Å². The SMILES string of the molecule is CCCCSSCOC1C[C@H](n2cc(C#CCN)c3c(N)ncnc32)O[C@@H]1COP(=O)(O)OP(=O)(O)OP(=O)(O)O. The number of hydrogen-bond acceptors (Lipinski definition) is 14. The van der Waals surface area contributed by atoms with Gasteiger partial charge in [0.25, 0.3) is 0 Å². The van der Waals surface area contributed by atoms with Crippen LogP contribution >= 0.6 is 45.1 Å². The first-order valence-electron chi connectivity index (χ1n) is 11.8. The van der Waals surface area contributed by atoms with Crippen molar-refractivity contribution in [2.75, 3.05) is 30.6 Å². The summed E-state index contributed by atoms with van der Waals surface area (Å²) in [5.74, 6) is 7.02. The molecular weight excluding hydrogens is 647 g/mol. The Morgan fingerprint density at radius 2 is 1.93 bits per heavy atom. The molecule has 0 amide bonds. The normalized spacial score (nSPS) is 22.2. The number of rotatable bonds is 15. The summed E-state index contributed by atoms with van der Waals surface area (Å²) < 4.78 is 60.9. The minimum absolute atomic E-state index is 0.104. The Labute approximate surface area is 242 Å². The van der Waals surface area contributed by atoms with Crippen molar-refractivity contribution in [2.24, 2.45) is 5.73 Å². The number of unbranched alkanes of at least 4 members (excludes halogenated alkanes) is 1. The van der Waals surface area contributed by atoms with Gasteiger partial charge in [-0.2, -0.15) is 8.62 Å². The standard InChI is InChI=1S/C19H30N5O12P3S2/c1-2-3-7-40-41-12-32-14-8-16(24-9-13(5-4-6-20)17-18(21)22-11-23-19(17)24)34-15(14)10-33-38(28,29)36-39(30,31)35-37(25,26)27/h9,11,14-16H,2-3,6-8,10,12,20H2,1H3,(H,28,29)(H,30,31)(H2,21,22,23)(H2,25,26,27)/t14?,15-,16-/m1/s1. The Hall–Kier alpha value is -1.03. The molecule has 2 aromatic heterocycles. The van der Waals surface area contributed by atoms with Crippen LogP contribution in [-0.2, 0) is 36.3 Å². The highest BCUT2D eigenvalue weighted by Crippen LogP contribution is 2.66. The summed E-state index contributed by atoms with van der Waals surface area (Å²) in [7, 11) is -13.5. The third kappa shape index (κ3) is 10.6. The van der Waals surface area contributed by atoms with Crippen LogP contribution in [0.2, 0.25) is 0 Å². The van der Waals surface area contributed by atoms with Crippen LogP contribution in [0.5, 0.6) is 0 Å². The lowest BCUT2D eigenvalue weighted by Crippen LogP contribution is -2.28. The maximum absolute atomic E-state index is 12.3. The number of phosphoric acid groups is 3. The van der Waals surface area contributed by atoms with Crippen molar-refractivity contribution in [1.82, 2.24) is 14.5 Å². The fraction of sp³-hybridized carbons (Fsp3) is 0.579. The Balaban J connectivity index is 1.79. The summed E-state index contributed by atoms with van der Waals surface area (Å²) in [5.41, 5.74) is 12.5. The highest BCUT2D eigenvalue weighted by Gasteiger charge is 2.43. The lowest BCUT2D eigenvalue weighted by atomic mass is 10.2. The van der Waals surface area contributed by atoms with Crippen LogP contribution in [0, 0.1) is 11.8 Å². The van der Waals surface area contributed by atoms with Gasteiger partial charge < -0.3 is 45.1 Å². The summed E-state index contributed by atoms with van der Waals surface area (Å²) in [6.07, 6.45) is 2.80. The first-order valence-corrected chi connectivity index (χ1v) is 18.9. The maximum Gasteiger partial charge on any atom is 0.490 e. The maximum atomic E-state index is 12.3. The van der Waals surface area contributed by atoms with Gasteiger partial charge >= 0.3 is 23.5 Å². The Kier molecular flexibility index (Phi) is 12.7. The molecule has 3 rings (SSSR count). The number of ether oxygens (including phenoxy) is 2. The van der Waals surface area contributed by atoms with Crippen LogP contribution in [0.15, 0.2) is 12.5 Å². The van der Waals surface area contributed by atoms with Crippen LogP contribution in [0.1, 0.15) is 38.0 Å². The van der Waals surface area contributed by atoms with E-state index >= 15 is 0 Å². The summed E-state index contributed by atoms with van der Waals surface area (Å²) in [5, 5.41) is 0.481. The summed E-state index contributed by atoms with van der Waals surface area (Å²) in [6, 6.07) is 0. The molecule has 1 fully saturated rings. The van der Waals surface area contributed by atoms with E-state index in [1.807, 2.05) is 0 Å². The number of anilines is 1. The Bertz CT molecular complexity index is 1400. The number of nitrogens with two attached hydrogens (primary N) is 2. The van der Waals surface area contributed by atoms with Gasteiger partial charge in [-0.25, -0.2) is 23.7 Å². The first-order chi connectivity index (χ1) is 19.3. The average Bonchev–Trinajstić information content (AvgIpc) is 3.43. The van der Waals surface area contributed by atoms with Crippen LogP contribution in [0.25, 0.3) is 11.0 Å². The fourth-order valence-corrected chi connectivity index (χ4v) is 8.58. The van der Waals surface area contributed by atoms with E-state index in [0.29, 0.717) is 16.6 Å². The van der Waals surface area contributed by atoms with Crippen molar-refractivity contribution in [1.29, 1.82) is 0 Å².